The fourth-order valence-corrected chi connectivity index (χ4v) is 3.27. The van der Waals surface area contributed by atoms with Crippen LogP contribution < -0.4 is 5.32 Å². The Hall–Kier alpha value is -2.07. The predicted octanol–water partition coefficient (Wildman–Crippen LogP) is 2.83. The lowest BCUT2D eigenvalue weighted by Crippen LogP contribution is -2.41. The number of carbonyl (C=O) groups excluding carboxylic acids is 1. The Kier molecular flexibility index (Phi) is 5.48. The number of hydrogen-bond acceptors (Lipinski definition) is 2. The highest BCUT2D eigenvalue weighted by molar-refractivity contribution is 5.75. The highest BCUT2D eigenvalue weighted by atomic mass is 16.1. The van der Waals surface area contributed by atoms with Gasteiger partial charge in [0.25, 0.3) is 0 Å². The van der Waals surface area contributed by atoms with Crippen molar-refractivity contribution < 1.29 is 4.79 Å². The fraction of sp³-hybridized carbons (Fsp3) is 0.421. The molecule has 4 heteroatoms. The zero-order valence-electron chi connectivity index (χ0n) is 13.5. The van der Waals surface area contributed by atoms with Crippen LogP contribution in [0.15, 0.2) is 54.9 Å². The van der Waals surface area contributed by atoms with Crippen molar-refractivity contribution >= 4 is 5.91 Å². The maximum Gasteiger partial charge on any atom is 0.239 e. The van der Waals surface area contributed by atoms with Crippen molar-refractivity contribution in [2.45, 2.75) is 31.8 Å². The lowest BCUT2D eigenvalue weighted by Gasteiger charge is -2.35. The first-order valence-corrected chi connectivity index (χ1v) is 8.49. The van der Waals surface area contributed by atoms with Gasteiger partial charge in [0.2, 0.25) is 5.91 Å². The molecule has 2 aromatic rings. The lowest BCUT2D eigenvalue weighted by atomic mass is 10.0. The van der Waals surface area contributed by atoms with E-state index in [1.165, 1.54) is 24.8 Å². The molecule has 23 heavy (non-hydrogen) atoms. The molecule has 1 amide bonds. The molecule has 0 saturated carbocycles. The van der Waals surface area contributed by atoms with Crippen molar-refractivity contribution in [3.63, 3.8) is 0 Å². The SMILES string of the molecule is O=C(Cn1cccc1)NC[C@@H](c1ccccc1)N1CCCCC1. The van der Waals surface area contributed by atoms with Crippen LogP contribution in [0.3, 0.4) is 0 Å². The van der Waals surface area contributed by atoms with Crippen LogP contribution >= 0.6 is 0 Å². The van der Waals surface area contributed by atoms with Gasteiger partial charge in [-0.3, -0.25) is 9.69 Å². The number of rotatable bonds is 6. The Balaban J connectivity index is 1.62. The summed E-state index contributed by atoms with van der Waals surface area (Å²) in [6, 6.07) is 14.7. The third kappa shape index (κ3) is 4.45. The summed E-state index contributed by atoms with van der Waals surface area (Å²) in [5.41, 5.74) is 1.29. The number of likely N-dealkylation sites (tertiary alicyclic amines) is 1. The van der Waals surface area contributed by atoms with E-state index in [0.717, 1.165) is 13.1 Å². The molecule has 1 aromatic heterocycles. The number of piperidine rings is 1. The normalized spacial score (nSPS) is 16.9. The first kappa shape index (κ1) is 15.8. The third-order valence-corrected chi connectivity index (χ3v) is 4.50. The van der Waals surface area contributed by atoms with Crippen molar-refractivity contribution in [1.29, 1.82) is 0 Å². The molecule has 0 aliphatic carbocycles. The minimum Gasteiger partial charge on any atom is -0.353 e. The summed E-state index contributed by atoms with van der Waals surface area (Å²) in [5.74, 6) is 0.0686. The van der Waals surface area contributed by atoms with Crippen LogP contribution in [0.4, 0.5) is 0 Å². The molecule has 0 spiro atoms. The maximum absolute atomic E-state index is 12.2. The fourth-order valence-electron chi connectivity index (χ4n) is 3.27. The molecule has 122 valence electrons. The van der Waals surface area contributed by atoms with E-state index in [0.29, 0.717) is 13.1 Å². The highest BCUT2D eigenvalue weighted by Gasteiger charge is 2.22. The van der Waals surface area contributed by atoms with E-state index in [-0.39, 0.29) is 11.9 Å². The number of nitrogens with one attached hydrogen (secondary N) is 1. The summed E-state index contributed by atoms with van der Waals surface area (Å²) in [7, 11) is 0. The smallest absolute Gasteiger partial charge is 0.239 e. The Bertz CT molecular complexity index is 588. The summed E-state index contributed by atoms with van der Waals surface area (Å²) in [6.45, 7) is 3.29. The van der Waals surface area contributed by atoms with Crippen molar-refractivity contribution in [1.82, 2.24) is 14.8 Å². The largest absolute Gasteiger partial charge is 0.353 e. The molecule has 0 bridgehead atoms. The number of aromatic nitrogens is 1. The average molecular weight is 311 g/mol. The van der Waals surface area contributed by atoms with E-state index >= 15 is 0 Å². The summed E-state index contributed by atoms with van der Waals surface area (Å²) >= 11 is 0. The molecular formula is C19H25N3O. The molecule has 4 nitrogen and oxygen atoms in total. The van der Waals surface area contributed by atoms with Gasteiger partial charge < -0.3 is 9.88 Å². The van der Waals surface area contributed by atoms with Crippen LogP contribution in [-0.2, 0) is 11.3 Å². The van der Waals surface area contributed by atoms with Crippen LogP contribution in [0.25, 0.3) is 0 Å². The Morgan fingerprint density at radius 3 is 2.39 bits per heavy atom. The number of nitrogens with zero attached hydrogens (tertiary/aromatic N) is 2. The number of benzene rings is 1. The minimum atomic E-state index is 0.0686. The zero-order chi connectivity index (χ0) is 15.9. The molecule has 1 saturated heterocycles. The first-order valence-electron chi connectivity index (χ1n) is 8.49. The highest BCUT2D eigenvalue weighted by Crippen LogP contribution is 2.23. The van der Waals surface area contributed by atoms with Gasteiger partial charge in [0, 0.05) is 18.9 Å². The van der Waals surface area contributed by atoms with E-state index < -0.39 is 0 Å². The average Bonchev–Trinajstić information content (AvgIpc) is 3.10. The molecule has 2 heterocycles. The van der Waals surface area contributed by atoms with Gasteiger partial charge in [-0.2, -0.15) is 0 Å². The van der Waals surface area contributed by atoms with Gasteiger partial charge in [-0.05, 0) is 43.6 Å². The van der Waals surface area contributed by atoms with Crippen molar-refractivity contribution in [2.24, 2.45) is 0 Å². The Morgan fingerprint density at radius 1 is 1.00 bits per heavy atom. The number of hydrogen-bond donors (Lipinski definition) is 1. The molecule has 1 aliphatic heterocycles. The molecule has 1 N–H and O–H groups in total. The van der Waals surface area contributed by atoms with Crippen molar-refractivity contribution in [3.8, 4) is 0 Å². The van der Waals surface area contributed by atoms with Crippen LogP contribution in [0.1, 0.15) is 30.9 Å². The van der Waals surface area contributed by atoms with Crippen LogP contribution in [-0.4, -0.2) is 35.0 Å². The van der Waals surface area contributed by atoms with E-state index in [2.05, 4.69) is 34.5 Å². The second kappa shape index (κ2) is 7.97. The molecule has 1 fully saturated rings. The van der Waals surface area contributed by atoms with Gasteiger partial charge in [-0.25, -0.2) is 0 Å². The second-order valence-electron chi connectivity index (χ2n) is 6.18. The second-order valence-corrected chi connectivity index (χ2v) is 6.18. The molecule has 0 radical (unpaired) electrons. The summed E-state index contributed by atoms with van der Waals surface area (Å²) in [5, 5.41) is 3.12. The zero-order valence-corrected chi connectivity index (χ0v) is 13.5. The quantitative estimate of drug-likeness (QED) is 0.891. The van der Waals surface area contributed by atoms with E-state index in [1.807, 2.05) is 35.2 Å². The lowest BCUT2D eigenvalue weighted by molar-refractivity contribution is -0.121. The third-order valence-electron chi connectivity index (χ3n) is 4.50. The molecular weight excluding hydrogens is 286 g/mol. The van der Waals surface area contributed by atoms with E-state index in [4.69, 9.17) is 0 Å². The van der Waals surface area contributed by atoms with E-state index in [1.54, 1.807) is 0 Å². The Morgan fingerprint density at radius 2 is 1.70 bits per heavy atom. The van der Waals surface area contributed by atoms with Crippen LogP contribution in [0.5, 0.6) is 0 Å². The maximum atomic E-state index is 12.2. The standard InChI is InChI=1S/C19H25N3O/c23-19(16-21-11-7-8-12-21)20-15-18(17-9-3-1-4-10-17)22-13-5-2-6-14-22/h1,3-4,7-12,18H,2,5-6,13-16H2,(H,20,23)/t18-/m0/s1. The number of amides is 1. The molecule has 0 unspecified atom stereocenters. The molecule has 1 aliphatic rings. The van der Waals surface area contributed by atoms with Gasteiger partial charge in [0.05, 0.1) is 6.04 Å². The van der Waals surface area contributed by atoms with Crippen LogP contribution in [0.2, 0.25) is 0 Å². The number of carbonyl (C=O) groups is 1. The summed E-state index contributed by atoms with van der Waals surface area (Å²) < 4.78 is 1.90. The molecule has 1 aromatic carbocycles. The van der Waals surface area contributed by atoms with Gasteiger partial charge in [-0.1, -0.05) is 36.8 Å². The van der Waals surface area contributed by atoms with Crippen LogP contribution in [0, 0.1) is 0 Å². The van der Waals surface area contributed by atoms with Gasteiger partial charge in [0.15, 0.2) is 0 Å². The van der Waals surface area contributed by atoms with Gasteiger partial charge in [0.1, 0.15) is 6.54 Å². The van der Waals surface area contributed by atoms with Gasteiger partial charge >= 0.3 is 0 Å². The van der Waals surface area contributed by atoms with E-state index in [9.17, 15) is 4.79 Å². The topological polar surface area (TPSA) is 37.3 Å². The monoisotopic (exact) mass is 311 g/mol. The van der Waals surface area contributed by atoms with Gasteiger partial charge in [-0.15, -0.1) is 0 Å². The summed E-state index contributed by atoms with van der Waals surface area (Å²) in [4.78, 5) is 14.7. The molecule has 3 rings (SSSR count). The van der Waals surface area contributed by atoms with Crippen molar-refractivity contribution in [3.05, 3.63) is 60.4 Å². The first-order chi connectivity index (χ1) is 11.3. The summed E-state index contributed by atoms with van der Waals surface area (Å²) in [6.07, 6.45) is 7.65. The van der Waals surface area contributed by atoms with Crippen molar-refractivity contribution in [2.75, 3.05) is 19.6 Å². The minimum absolute atomic E-state index is 0.0686. The Labute approximate surface area is 138 Å². The predicted molar refractivity (Wildman–Crippen MR) is 92.0 cm³/mol. The molecule has 1 atom stereocenters.